The van der Waals surface area contributed by atoms with Gasteiger partial charge in [0.2, 0.25) is 0 Å². The van der Waals surface area contributed by atoms with Gasteiger partial charge in [-0.3, -0.25) is 23.7 Å². The minimum absolute atomic E-state index is 0.0233. The van der Waals surface area contributed by atoms with E-state index < -0.39 is 30.0 Å². The van der Waals surface area contributed by atoms with Gasteiger partial charge in [0.15, 0.2) is 5.78 Å². The first-order chi connectivity index (χ1) is 21.5. The van der Waals surface area contributed by atoms with E-state index >= 15 is 0 Å². The molecular formula is C32H40N4O8S2. The Bertz CT molecular complexity index is 1710. The van der Waals surface area contributed by atoms with Crippen molar-refractivity contribution in [1.29, 1.82) is 5.26 Å². The van der Waals surface area contributed by atoms with E-state index in [9.17, 15) is 21.6 Å². The number of hydrogen-bond donors (Lipinski definition) is 3. The van der Waals surface area contributed by atoms with E-state index in [4.69, 9.17) is 19.1 Å². The van der Waals surface area contributed by atoms with Gasteiger partial charge in [0.25, 0.3) is 20.2 Å². The summed E-state index contributed by atoms with van der Waals surface area (Å²) in [5.41, 5.74) is 1.46. The Kier molecular flexibility index (Phi) is 11.2. The summed E-state index contributed by atoms with van der Waals surface area (Å²) in [6.07, 6.45) is 1.46. The first-order valence-corrected chi connectivity index (χ1v) is 17.8. The van der Waals surface area contributed by atoms with Gasteiger partial charge < -0.3 is 10.1 Å². The lowest BCUT2D eigenvalue weighted by atomic mass is 9.90. The number of hydrogen-bond acceptors (Lipinski definition) is 10. The van der Waals surface area contributed by atoms with Crippen LogP contribution in [-0.4, -0.2) is 99.5 Å². The molecule has 2 unspecified atom stereocenters. The van der Waals surface area contributed by atoms with E-state index in [-0.39, 0.29) is 28.4 Å². The Hall–Kier alpha value is -3.42. The molecule has 0 aromatic heterocycles. The van der Waals surface area contributed by atoms with Crippen molar-refractivity contribution in [2.24, 2.45) is 5.41 Å². The molecule has 2 aliphatic heterocycles. The maximum absolute atomic E-state index is 12.3. The number of benzene rings is 3. The van der Waals surface area contributed by atoms with Gasteiger partial charge in [0, 0.05) is 61.1 Å². The molecule has 3 N–H and O–H groups in total. The van der Waals surface area contributed by atoms with Crippen LogP contribution in [0, 0.1) is 16.7 Å². The summed E-state index contributed by atoms with van der Waals surface area (Å²) >= 11 is 0. The first kappa shape index (κ1) is 35.4. The molecule has 5 rings (SSSR count). The van der Waals surface area contributed by atoms with Crippen LogP contribution in [-0.2, 0) is 29.8 Å². The number of fused-ring (bicyclic) bond motifs is 3. The van der Waals surface area contributed by atoms with Crippen molar-refractivity contribution in [2.75, 3.05) is 51.1 Å². The third-order valence-corrected chi connectivity index (χ3v) is 9.65. The molecule has 3 aromatic rings. The standard InChI is InChI=1S/C22H32N4O2.C10H8O6S2/c1-22(2,3)21(27)16-26-14-19-12-25(13-20(15-26)28-19)10-4-9-24-18-7-5-17(11-23)6-8-18;11-17(12,13)9-5-1-3-7-8(9)4-2-6-10(7)18(14,15)16/h5-8,19-20,24H,4,9-10,12-16H2,1-3H3;1-6H,(H,11,12,13)(H,14,15,16). The zero-order valence-electron chi connectivity index (χ0n) is 26.1. The van der Waals surface area contributed by atoms with Gasteiger partial charge in [-0.1, -0.05) is 45.0 Å². The summed E-state index contributed by atoms with van der Waals surface area (Å²) in [5, 5.41) is 12.3. The van der Waals surface area contributed by atoms with Crippen LogP contribution in [0.25, 0.3) is 10.8 Å². The van der Waals surface area contributed by atoms with Gasteiger partial charge >= 0.3 is 0 Å². The smallest absolute Gasteiger partial charge is 0.295 e. The Labute approximate surface area is 270 Å². The summed E-state index contributed by atoms with van der Waals surface area (Å²) < 4.78 is 68.8. The zero-order chi connectivity index (χ0) is 33.7. The van der Waals surface area contributed by atoms with Crippen LogP contribution < -0.4 is 5.32 Å². The van der Waals surface area contributed by atoms with E-state index in [1.807, 2.05) is 45.0 Å². The van der Waals surface area contributed by atoms with Crippen LogP contribution >= 0.6 is 0 Å². The van der Waals surface area contributed by atoms with E-state index in [0.717, 1.165) is 63.5 Å². The summed E-state index contributed by atoms with van der Waals surface area (Å²) in [7, 11) is -8.94. The maximum Gasteiger partial charge on any atom is 0.295 e. The fourth-order valence-electron chi connectivity index (χ4n) is 5.51. The predicted octanol–water partition coefficient (Wildman–Crippen LogP) is 3.69. The second kappa shape index (κ2) is 14.6. The van der Waals surface area contributed by atoms with Crippen molar-refractivity contribution in [2.45, 2.75) is 49.2 Å². The van der Waals surface area contributed by atoms with Crippen molar-refractivity contribution in [3.63, 3.8) is 0 Å². The highest BCUT2D eigenvalue weighted by molar-refractivity contribution is 7.86. The highest BCUT2D eigenvalue weighted by Crippen LogP contribution is 2.28. The molecule has 2 heterocycles. The molecule has 46 heavy (non-hydrogen) atoms. The molecule has 12 nitrogen and oxygen atoms in total. The highest BCUT2D eigenvalue weighted by Gasteiger charge is 2.36. The molecule has 2 fully saturated rings. The molecule has 2 atom stereocenters. The van der Waals surface area contributed by atoms with Crippen molar-refractivity contribution < 1.29 is 35.5 Å². The normalized spacial score (nSPS) is 19.1. The fraction of sp³-hybridized carbons (Fsp3) is 0.438. The first-order valence-electron chi connectivity index (χ1n) is 14.9. The van der Waals surface area contributed by atoms with Crippen LogP contribution in [0.4, 0.5) is 5.69 Å². The number of nitrogens with one attached hydrogen (secondary N) is 1. The topological polar surface area (TPSA) is 177 Å². The zero-order valence-corrected chi connectivity index (χ0v) is 27.7. The highest BCUT2D eigenvalue weighted by atomic mass is 32.2. The van der Waals surface area contributed by atoms with Crippen LogP contribution in [0.2, 0.25) is 0 Å². The quantitative estimate of drug-likeness (QED) is 0.222. The third-order valence-electron chi connectivity index (χ3n) is 7.83. The minimum Gasteiger partial charge on any atom is -0.385 e. The van der Waals surface area contributed by atoms with Gasteiger partial charge in [-0.15, -0.1) is 0 Å². The lowest BCUT2D eigenvalue weighted by molar-refractivity contribution is -0.147. The molecule has 0 radical (unpaired) electrons. The minimum atomic E-state index is -4.47. The lowest BCUT2D eigenvalue weighted by Gasteiger charge is -2.46. The number of ketones is 1. The summed E-state index contributed by atoms with van der Waals surface area (Å²) in [6.45, 7) is 12.0. The number of rotatable bonds is 9. The van der Waals surface area contributed by atoms with Gasteiger partial charge in [0.05, 0.1) is 30.4 Å². The van der Waals surface area contributed by atoms with Crippen LogP contribution in [0.3, 0.4) is 0 Å². The largest absolute Gasteiger partial charge is 0.385 e. The maximum atomic E-state index is 12.3. The Morgan fingerprint density at radius 1 is 0.870 bits per heavy atom. The number of morpholine rings is 2. The predicted molar refractivity (Wildman–Crippen MR) is 174 cm³/mol. The number of carbonyl (C=O) groups excluding carboxylic acids is 1. The number of anilines is 1. The molecular weight excluding hydrogens is 633 g/mol. The van der Waals surface area contributed by atoms with Crippen molar-refractivity contribution >= 4 is 42.5 Å². The molecule has 3 aromatic carbocycles. The molecule has 0 aliphatic carbocycles. The molecule has 2 saturated heterocycles. The number of carbonyl (C=O) groups is 1. The van der Waals surface area contributed by atoms with Crippen LogP contribution in [0.5, 0.6) is 0 Å². The Morgan fingerprint density at radius 2 is 1.37 bits per heavy atom. The van der Waals surface area contributed by atoms with Crippen molar-refractivity contribution in [1.82, 2.24) is 9.80 Å². The third kappa shape index (κ3) is 9.55. The van der Waals surface area contributed by atoms with Crippen molar-refractivity contribution in [3.05, 3.63) is 66.2 Å². The molecule has 14 heteroatoms. The average Bonchev–Trinajstić information content (AvgIpc) is 2.97. The van der Waals surface area contributed by atoms with Gasteiger partial charge in [-0.2, -0.15) is 22.1 Å². The Balaban J connectivity index is 0.000000230. The summed E-state index contributed by atoms with van der Waals surface area (Å²) in [4.78, 5) is 16.3. The molecule has 2 bridgehead atoms. The van der Waals surface area contributed by atoms with Crippen LogP contribution in [0.15, 0.2) is 70.5 Å². The molecule has 2 aliphatic rings. The second-order valence-corrected chi connectivity index (χ2v) is 15.3. The van der Waals surface area contributed by atoms with Gasteiger partial charge in [-0.25, -0.2) is 0 Å². The molecule has 0 amide bonds. The molecule has 0 saturated carbocycles. The number of nitrogens with zero attached hydrogens (tertiary/aromatic N) is 3. The fourth-order valence-corrected chi connectivity index (χ4v) is 6.93. The summed E-state index contributed by atoms with van der Waals surface area (Å²) in [6, 6.07) is 17.2. The van der Waals surface area contributed by atoms with E-state index in [1.54, 1.807) is 0 Å². The van der Waals surface area contributed by atoms with E-state index in [0.29, 0.717) is 17.9 Å². The SMILES string of the molecule is CC(C)(C)C(=O)CN1CC2CN(CCCNc3ccc(C#N)cc3)CC(C1)O2.O=S(=O)(O)c1cccc2c(S(=O)(=O)O)cccc12. The van der Waals surface area contributed by atoms with E-state index in [2.05, 4.69) is 21.2 Å². The molecule has 248 valence electrons. The van der Waals surface area contributed by atoms with Gasteiger partial charge in [0.1, 0.15) is 9.79 Å². The molecule has 0 spiro atoms. The van der Waals surface area contributed by atoms with Crippen LogP contribution in [0.1, 0.15) is 32.8 Å². The van der Waals surface area contributed by atoms with Gasteiger partial charge in [-0.05, 0) is 42.8 Å². The monoisotopic (exact) mass is 672 g/mol. The average molecular weight is 673 g/mol. The second-order valence-electron chi connectivity index (χ2n) is 12.5. The number of nitriles is 1. The number of ether oxygens (including phenoxy) is 1. The summed E-state index contributed by atoms with van der Waals surface area (Å²) in [5.74, 6) is 0.304. The lowest BCUT2D eigenvalue weighted by Crippen LogP contribution is -2.60. The Morgan fingerprint density at radius 3 is 1.83 bits per heavy atom. The van der Waals surface area contributed by atoms with E-state index in [1.165, 1.54) is 24.3 Å². The number of Topliss-reactive ketones (excluding diaryl/α,β-unsaturated/α-hetero) is 1. The van der Waals surface area contributed by atoms with Crippen molar-refractivity contribution in [3.8, 4) is 6.07 Å².